The van der Waals surface area contributed by atoms with Crippen LogP contribution in [0.4, 0.5) is 13.2 Å². The van der Waals surface area contributed by atoms with Crippen molar-refractivity contribution in [3.63, 3.8) is 0 Å². The van der Waals surface area contributed by atoms with Crippen LogP contribution in [0.5, 0.6) is 0 Å². The Morgan fingerprint density at radius 1 is 1.02 bits per heavy atom. The van der Waals surface area contributed by atoms with Gasteiger partial charge in [-0.3, -0.25) is 9.78 Å². The fourth-order valence-corrected chi connectivity index (χ4v) is 7.94. The fraction of sp³-hybridized carbons (Fsp3) is 0.355. The van der Waals surface area contributed by atoms with Crippen molar-refractivity contribution in [3.8, 4) is 0 Å². The second-order valence-corrected chi connectivity index (χ2v) is 13.6. The summed E-state index contributed by atoms with van der Waals surface area (Å²) in [6.45, 7) is 1.50. The average molecular weight is 633 g/mol. The summed E-state index contributed by atoms with van der Waals surface area (Å²) in [5.41, 5.74) is -1.72. The third kappa shape index (κ3) is 6.03. The van der Waals surface area contributed by atoms with Crippen LogP contribution in [0.15, 0.2) is 84.0 Å². The Morgan fingerprint density at radius 2 is 1.70 bits per heavy atom. The second kappa shape index (κ2) is 11.9. The van der Waals surface area contributed by atoms with Crippen LogP contribution >= 0.6 is 11.8 Å². The van der Waals surface area contributed by atoms with Crippen LogP contribution in [0, 0.1) is 0 Å². The van der Waals surface area contributed by atoms with Crippen LogP contribution in [-0.4, -0.2) is 40.2 Å². The molecule has 1 aliphatic carbocycles. The zero-order valence-corrected chi connectivity index (χ0v) is 25.1. The van der Waals surface area contributed by atoms with Gasteiger partial charge in [0.15, 0.2) is 0 Å². The Bertz CT molecular complexity index is 1710. The first-order valence-corrected chi connectivity index (χ1v) is 15.8. The Hall–Kier alpha value is -3.41. The number of alkyl halides is 3. The lowest BCUT2D eigenvalue weighted by molar-refractivity contribution is -0.139. The number of pyridine rings is 1. The minimum absolute atomic E-state index is 0.163. The van der Waals surface area contributed by atoms with Crippen LogP contribution in [0.2, 0.25) is 0 Å². The molecule has 0 spiro atoms. The van der Waals surface area contributed by atoms with Crippen LogP contribution in [-0.2, 0) is 32.8 Å². The summed E-state index contributed by atoms with van der Waals surface area (Å²) in [4.78, 5) is 20.8. The molecule has 12 heteroatoms. The number of aromatic amines is 1. The number of carbonyl (C=O) groups is 1. The Balaban J connectivity index is 1.55. The maximum atomic E-state index is 14.2. The molecule has 1 aliphatic rings. The number of nitrogens with zero attached hydrogens (tertiary/aromatic N) is 2. The molecule has 7 nitrogen and oxygen atoms in total. The first kappa shape index (κ1) is 31.0. The number of benzene rings is 2. The van der Waals surface area contributed by atoms with Gasteiger partial charge in [0.25, 0.3) is 10.0 Å². The number of sulfonamides is 1. The van der Waals surface area contributed by atoms with Crippen molar-refractivity contribution >= 4 is 38.6 Å². The van der Waals surface area contributed by atoms with Gasteiger partial charge in [-0.2, -0.15) is 13.2 Å². The van der Waals surface area contributed by atoms with Gasteiger partial charge < -0.3 is 10.3 Å². The van der Waals surface area contributed by atoms with Gasteiger partial charge in [0.2, 0.25) is 5.91 Å². The highest BCUT2D eigenvalue weighted by Gasteiger charge is 2.49. The number of para-hydroxylation sites is 1. The molecule has 2 heterocycles. The van der Waals surface area contributed by atoms with E-state index in [1.807, 2.05) is 36.4 Å². The quantitative estimate of drug-likeness (QED) is 0.200. The Labute approximate surface area is 253 Å². The second-order valence-electron chi connectivity index (χ2n) is 11.3. The first-order chi connectivity index (χ1) is 20.4. The summed E-state index contributed by atoms with van der Waals surface area (Å²) in [6, 6.07) is 16.7. The van der Waals surface area contributed by atoms with Crippen molar-refractivity contribution in [1.29, 1.82) is 0 Å². The summed E-state index contributed by atoms with van der Waals surface area (Å²) in [5, 5.41) is 3.67. The largest absolute Gasteiger partial charge is 0.417 e. The lowest BCUT2D eigenvalue weighted by Gasteiger charge is -2.39. The number of hydrogen-bond acceptors (Lipinski definition) is 4. The lowest BCUT2D eigenvalue weighted by Crippen LogP contribution is -2.58. The van der Waals surface area contributed by atoms with Gasteiger partial charge in [-0.05, 0) is 67.4 Å². The van der Waals surface area contributed by atoms with E-state index in [0.717, 1.165) is 60.8 Å². The molecule has 0 radical (unpaired) electrons. The van der Waals surface area contributed by atoms with Crippen LogP contribution < -0.4 is 5.32 Å². The molecule has 1 fully saturated rings. The normalized spacial score (nSPS) is 17.1. The Kier molecular flexibility index (Phi) is 8.61. The van der Waals surface area contributed by atoms with Crippen molar-refractivity contribution in [3.05, 3.63) is 95.9 Å². The number of amides is 1. The molecule has 0 aliphatic heterocycles. The topological polar surface area (TPSA) is 95.2 Å². The Morgan fingerprint density at radius 3 is 2.40 bits per heavy atom. The highest BCUT2D eigenvalue weighted by atomic mass is 35.5. The molecule has 4 aromatic rings. The fourth-order valence-electron chi connectivity index (χ4n) is 6.02. The number of fused-ring (bicyclic) bond motifs is 1. The minimum atomic E-state index is -5.03. The van der Waals surface area contributed by atoms with E-state index in [1.165, 1.54) is 13.0 Å². The number of nitrogens with one attached hydrogen (secondary N) is 2. The van der Waals surface area contributed by atoms with Crippen molar-refractivity contribution in [2.45, 2.75) is 67.5 Å². The van der Waals surface area contributed by atoms with Crippen LogP contribution in [0.3, 0.4) is 0 Å². The third-order valence-electron chi connectivity index (χ3n) is 8.37. The number of hydrogen-bond donors (Lipinski definition) is 2. The zero-order valence-electron chi connectivity index (χ0n) is 23.5. The predicted octanol–water partition coefficient (Wildman–Crippen LogP) is 6.75. The van der Waals surface area contributed by atoms with E-state index in [4.69, 9.17) is 11.8 Å². The minimum Gasteiger partial charge on any atom is -0.361 e. The summed E-state index contributed by atoms with van der Waals surface area (Å²) in [7, 11) is -5.03. The molecular formula is C31H32ClF3N4O3S. The summed E-state index contributed by atoms with van der Waals surface area (Å²) >= 11 is 6.57. The van der Waals surface area contributed by atoms with E-state index >= 15 is 0 Å². The summed E-state index contributed by atoms with van der Waals surface area (Å²) < 4.78 is 69.6. The molecule has 43 heavy (non-hydrogen) atoms. The molecule has 5 rings (SSSR count). The SMILES string of the molecule is C[C@](Cc1c[nH]c2ccccc12)(C(=O)NCC1(c2ccccn2)CCCCC1)N(Cl)S(=O)(=O)c1ccccc1C(F)(F)F. The van der Waals surface area contributed by atoms with Crippen molar-refractivity contribution in [2.24, 2.45) is 0 Å². The number of aromatic nitrogens is 2. The van der Waals surface area contributed by atoms with E-state index in [-0.39, 0.29) is 16.8 Å². The summed E-state index contributed by atoms with van der Waals surface area (Å²) in [6.07, 6.45) is 2.62. The van der Waals surface area contributed by atoms with Crippen LogP contribution in [0.1, 0.15) is 55.8 Å². The third-order valence-corrected chi connectivity index (χ3v) is 11.0. The molecule has 1 atom stereocenters. The highest BCUT2D eigenvalue weighted by molar-refractivity contribution is 7.90. The van der Waals surface area contributed by atoms with Gasteiger partial charge in [0, 0.05) is 47.4 Å². The smallest absolute Gasteiger partial charge is 0.361 e. The van der Waals surface area contributed by atoms with Gasteiger partial charge >= 0.3 is 6.18 Å². The van der Waals surface area contributed by atoms with Gasteiger partial charge in [0.05, 0.1) is 10.5 Å². The number of H-pyrrole nitrogens is 1. The number of halogens is 4. The van der Waals surface area contributed by atoms with Gasteiger partial charge in [0.1, 0.15) is 5.54 Å². The van der Waals surface area contributed by atoms with Gasteiger partial charge in [-0.25, -0.2) is 8.42 Å². The standard InChI is InChI=1S/C31H32ClF3N4O3S/c1-29(19-22-20-37-25-13-5-3-11-23(22)25,39(32)43(41,42)26-14-6-4-12-24(26)31(33,34)35)28(40)38-21-30(16-8-2-9-17-30)27-15-7-10-18-36-27/h3-7,10-15,18,20,37H,2,8-9,16-17,19,21H2,1H3,(H,38,40)/t29-/m0/s1. The van der Waals surface area contributed by atoms with Crippen molar-refractivity contribution in [1.82, 2.24) is 19.1 Å². The van der Waals surface area contributed by atoms with Crippen molar-refractivity contribution in [2.75, 3.05) is 6.54 Å². The number of carbonyl (C=O) groups excluding carboxylic acids is 1. The zero-order chi connectivity index (χ0) is 30.9. The monoisotopic (exact) mass is 632 g/mol. The van der Waals surface area contributed by atoms with Crippen molar-refractivity contribution < 1.29 is 26.4 Å². The molecule has 1 saturated carbocycles. The average Bonchev–Trinajstić information content (AvgIpc) is 3.42. The van der Waals surface area contributed by atoms with Gasteiger partial charge in [-0.15, -0.1) is 0 Å². The molecule has 1 amide bonds. The van der Waals surface area contributed by atoms with E-state index in [0.29, 0.717) is 11.6 Å². The molecule has 0 bridgehead atoms. The first-order valence-electron chi connectivity index (χ1n) is 14.0. The lowest BCUT2D eigenvalue weighted by atomic mass is 9.71. The molecular weight excluding hydrogens is 601 g/mol. The predicted molar refractivity (Wildman–Crippen MR) is 159 cm³/mol. The molecule has 0 saturated heterocycles. The van der Waals surface area contributed by atoms with E-state index < -0.39 is 43.5 Å². The van der Waals surface area contributed by atoms with Gasteiger partial charge in [-0.1, -0.05) is 59.5 Å². The van der Waals surface area contributed by atoms with E-state index in [2.05, 4.69) is 15.3 Å². The highest BCUT2D eigenvalue weighted by Crippen LogP contribution is 2.40. The molecule has 2 aromatic carbocycles. The number of rotatable bonds is 9. The molecule has 228 valence electrons. The van der Waals surface area contributed by atoms with Crippen LogP contribution in [0.25, 0.3) is 10.9 Å². The van der Waals surface area contributed by atoms with E-state index in [9.17, 15) is 26.4 Å². The molecule has 0 unspecified atom stereocenters. The molecule has 2 N–H and O–H groups in total. The maximum absolute atomic E-state index is 14.2. The van der Waals surface area contributed by atoms with E-state index in [1.54, 1.807) is 18.5 Å². The maximum Gasteiger partial charge on any atom is 0.417 e. The summed E-state index contributed by atoms with van der Waals surface area (Å²) in [5.74, 6) is -0.735. The molecule has 2 aromatic heterocycles.